The van der Waals surface area contributed by atoms with Gasteiger partial charge in [0.1, 0.15) is 0 Å². The summed E-state index contributed by atoms with van der Waals surface area (Å²) >= 11 is 0. The van der Waals surface area contributed by atoms with Crippen LogP contribution in [-0.2, 0) is 14.8 Å². The first-order valence-electron chi connectivity index (χ1n) is 9.48. The molecule has 26 heavy (non-hydrogen) atoms. The lowest BCUT2D eigenvalue weighted by Gasteiger charge is -2.28. The fraction of sp³-hybridized carbons (Fsp3) is 0.722. The van der Waals surface area contributed by atoms with Crippen molar-refractivity contribution < 1.29 is 22.4 Å². The molecule has 7 nitrogen and oxygen atoms in total. The lowest BCUT2D eigenvalue weighted by atomic mass is 9.88. The van der Waals surface area contributed by atoms with E-state index < -0.39 is 15.9 Å². The average Bonchev–Trinajstić information content (AvgIpc) is 3.31. The minimum Gasteiger partial charge on any atom is -0.438 e. The van der Waals surface area contributed by atoms with Crippen LogP contribution in [0.15, 0.2) is 21.6 Å². The minimum absolute atomic E-state index is 0.00815. The standard InChI is InChI=1S/C18H28N2O5S/c1-14-6-2-3-7-15(14)24-13-10-19-18(21)16-8-9-17(25-16)26(22,23)20-11-4-5-12-20/h8-9,14-15H,2-7,10-13H2,1H3,(H,19,21)/t14-,15+/m0/s1. The maximum atomic E-state index is 12.4. The molecular formula is C18H28N2O5S. The lowest BCUT2D eigenvalue weighted by molar-refractivity contribution is -0.00301. The molecule has 0 radical (unpaired) electrons. The zero-order chi connectivity index (χ0) is 18.6. The van der Waals surface area contributed by atoms with Crippen molar-refractivity contribution in [1.82, 2.24) is 9.62 Å². The van der Waals surface area contributed by atoms with Gasteiger partial charge in [0, 0.05) is 19.6 Å². The SMILES string of the molecule is C[C@H]1CCCC[C@H]1OCCNC(=O)c1ccc(S(=O)(=O)N2CCCC2)o1. The molecule has 1 N–H and O–H groups in total. The van der Waals surface area contributed by atoms with Crippen LogP contribution >= 0.6 is 0 Å². The van der Waals surface area contributed by atoms with Crippen molar-refractivity contribution in [2.24, 2.45) is 5.92 Å². The molecule has 1 aliphatic carbocycles. The molecular weight excluding hydrogens is 356 g/mol. The molecule has 1 aliphatic heterocycles. The van der Waals surface area contributed by atoms with Crippen LogP contribution in [-0.4, -0.2) is 51.0 Å². The molecule has 0 spiro atoms. The Morgan fingerprint density at radius 2 is 1.96 bits per heavy atom. The van der Waals surface area contributed by atoms with Gasteiger partial charge in [-0.25, -0.2) is 8.42 Å². The van der Waals surface area contributed by atoms with E-state index in [1.807, 2.05) is 0 Å². The van der Waals surface area contributed by atoms with Gasteiger partial charge in [-0.15, -0.1) is 0 Å². The second-order valence-corrected chi connectivity index (χ2v) is 9.03. The third-order valence-electron chi connectivity index (χ3n) is 5.22. The third-order valence-corrected chi connectivity index (χ3v) is 6.99. The van der Waals surface area contributed by atoms with Crippen LogP contribution in [0.2, 0.25) is 0 Å². The highest BCUT2D eigenvalue weighted by Crippen LogP contribution is 2.26. The van der Waals surface area contributed by atoms with E-state index in [-0.39, 0.29) is 17.0 Å². The molecule has 146 valence electrons. The fourth-order valence-corrected chi connectivity index (χ4v) is 5.06. The normalized spacial score (nSPS) is 24.7. The summed E-state index contributed by atoms with van der Waals surface area (Å²) in [6.45, 7) is 4.02. The first kappa shape index (κ1) is 19.4. The van der Waals surface area contributed by atoms with E-state index in [0.717, 1.165) is 19.3 Å². The summed E-state index contributed by atoms with van der Waals surface area (Å²) in [6.07, 6.45) is 6.70. The van der Waals surface area contributed by atoms with Crippen molar-refractivity contribution in [2.45, 2.75) is 56.6 Å². The van der Waals surface area contributed by atoms with Crippen molar-refractivity contribution >= 4 is 15.9 Å². The summed E-state index contributed by atoms with van der Waals surface area (Å²) in [5, 5.41) is 2.55. The zero-order valence-electron chi connectivity index (χ0n) is 15.3. The summed E-state index contributed by atoms with van der Waals surface area (Å²) < 4.78 is 37.4. The van der Waals surface area contributed by atoms with Gasteiger partial charge in [-0.05, 0) is 43.7 Å². The first-order valence-corrected chi connectivity index (χ1v) is 10.9. The van der Waals surface area contributed by atoms with E-state index in [0.29, 0.717) is 32.2 Å². The molecule has 2 fully saturated rings. The summed E-state index contributed by atoms with van der Waals surface area (Å²) in [6, 6.07) is 2.76. The maximum absolute atomic E-state index is 12.4. The average molecular weight is 384 g/mol. The summed E-state index contributed by atoms with van der Waals surface area (Å²) in [5.74, 6) is 0.143. The second-order valence-electron chi connectivity index (χ2n) is 7.16. The topological polar surface area (TPSA) is 88.8 Å². The Hall–Kier alpha value is -1.38. The van der Waals surface area contributed by atoms with E-state index in [1.165, 1.54) is 35.7 Å². The van der Waals surface area contributed by atoms with E-state index in [2.05, 4.69) is 12.2 Å². The second kappa shape index (κ2) is 8.54. The van der Waals surface area contributed by atoms with Gasteiger partial charge < -0.3 is 14.5 Å². The molecule has 3 rings (SSSR count). The van der Waals surface area contributed by atoms with Gasteiger partial charge in [0.2, 0.25) is 5.09 Å². The lowest BCUT2D eigenvalue weighted by Crippen LogP contribution is -2.31. The predicted molar refractivity (Wildman–Crippen MR) is 96.4 cm³/mol. The number of amides is 1. The van der Waals surface area contributed by atoms with Crippen molar-refractivity contribution in [3.05, 3.63) is 17.9 Å². The first-order chi connectivity index (χ1) is 12.5. The van der Waals surface area contributed by atoms with Crippen LogP contribution in [0.25, 0.3) is 0 Å². The summed E-state index contributed by atoms with van der Waals surface area (Å²) in [7, 11) is -3.64. The number of nitrogens with one attached hydrogen (secondary N) is 1. The van der Waals surface area contributed by atoms with E-state index in [9.17, 15) is 13.2 Å². The molecule has 1 saturated carbocycles. The molecule has 8 heteroatoms. The van der Waals surface area contributed by atoms with Crippen LogP contribution in [0.4, 0.5) is 0 Å². The molecule has 1 aromatic rings. The summed E-state index contributed by atoms with van der Waals surface area (Å²) in [5.41, 5.74) is 0. The zero-order valence-corrected chi connectivity index (χ0v) is 16.1. The highest BCUT2D eigenvalue weighted by atomic mass is 32.2. The number of nitrogens with zero attached hydrogens (tertiary/aromatic N) is 1. The van der Waals surface area contributed by atoms with Crippen molar-refractivity contribution in [1.29, 1.82) is 0 Å². The largest absolute Gasteiger partial charge is 0.438 e. The highest BCUT2D eigenvalue weighted by Gasteiger charge is 2.30. The molecule has 1 amide bonds. The summed E-state index contributed by atoms with van der Waals surface area (Å²) in [4.78, 5) is 12.2. The Balaban J connectivity index is 1.47. The molecule has 2 heterocycles. The number of ether oxygens (including phenoxy) is 1. The number of carbonyl (C=O) groups is 1. The number of carbonyl (C=O) groups excluding carboxylic acids is 1. The molecule has 2 atom stereocenters. The predicted octanol–water partition coefficient (Wildman–Crippen LogP) is 2.39. The maximum Gasteiger partial charge on any atom is 0.287 e. The molecule has 2 aliphatic rings. The third kappa shape index (κ3) is 4.47. The van der Waals surface area contributed by atoms with Crippen molar-refractivity contribution in [2.75, 3.05) is 26.2 Å². The van der Waals surface area contributed by atoms with Crippen LogP contribution in [0.5, 0.6) is 0 Å². The number of hydrogen-bond acceptors (Lipinski definition) is 5. The number of furan rings is 1. The van der Waals surface area contributed by atoms with Gasteiger partial charge in [-0.3, -0.25) is 4.79 Å². The molecule has 1 saturated heterocycles. The number of hydrogen-bond donors (Lipinski definition) is 1. The van der Waals surface area contributed by atoms with E-state index in [4.69, 9.17) is 9.15 Å². The smallest absolute Gasteiger partial charge is 0.287 e. The van der Waals surface area contributed by atoms with Gasteiger partial charge in [0.05, 0.1) is 12.7 Å². The van der Waals surface area contributed by atoms with E-state index >= 15 is 0 Å². The van der Waals surface area contributed by atoms with Crippen LogP contribution in [0.1, 0.15) is 56.0 Å². The molecule has 0 unspecified atom stereocenters. The Morgan fingerprint density at radius 1 is 1.23 bits per heavy atom. The molecule has 0 aromatic carbocycles. The van der Waals surface area contributed by atoms with Gasteiger partial charge >= 0.3 is 0 Å². The fourth-order valence-electron chi connectivity index (χ4n) is 3.63. The van der Waals surface area contributed by atoms with Gasteiger partial charge in [-0.1, -0.05) is 19.8 Å². The monoisotopic (exact) mass is 384 g/mol. The van der Waals surface area contributed by atoms with Gasteiger partial charge in [0.15, 0.2) is 5.76 Å². The Bertz CT molecular complexity index is 709. The molecule has 1 aromatic heterocycles. The Morgan fingerprint density at radius 3 is 2.69 bits per heavy atom. The van der Waals surface area contributed by atoms with Crippen molar-refractivity contribution in [3.63, 3.8) is 0 Å². The Kier molecular flexibility index (Phi) is 6.37. The quantitative estimate of drug-likeness (QED) is 0.729. The van der Waals surface area contributed by atoms with Crippen molar-refractivity contribution in [3.8, 4) is 0 Å². The van der Waals surface area contributed by atoms with Gasteiger partial charge in [0.25, 0.3) is 15.9 Å². The van der Waals surface area contributed by atoms with Gasteiger partial charge in [-0.2, -0.15) is 4.31 Å². The molecule has 0 bridgehead atoms. The highest BCUT2D eigenvalue weighted by molar-refractivity contribution is 7.89. The van der Waals surface area contributed by atoms with Crippen LogP contribution in [0.3, 0.4) is 0 Å². The number of sulfonamides is 1. The van der Waals surface area contributed by atoms with Crippen LogP contribution in [0, 0.1) is 5.92 Å². The minimum atomic E-state index is -3.64. The van der Waals surface area contributed by atoms with E-state index in [1.54, 1.807) is 0 Å². The van der Waals surface area contributed by atoms with Crippen LogP contribution < -0.4 is 5.32 Å². The Labute approximate surface area is 155 Å². The number of rotatable bonds is 7.